The van der Waals surface area contributed by atoms with Gasteiger partial charge in [0.25, 0.3) is 0 Å². The molecule has 0 radical (unpaired) electrons. The summed E-state index contributed by atoms with van der Waals surface area (Å²) in [5.41, 5.74) is 0.530. The number of nitrogens with zero attached hydrogens (tertiary/aromatic N) is 1. The average Bonchev–Trinajstić information content (AvgIpc) is 2.36. The van der Waals surface area contributed by atoms with Crippen LogP contribution in [0, 0.1) is 0 Å². The lowest BCUT2D eigenvalue weighted by molar-refractivity contribution is 0.281. The Morgan fingerprint density at radius 1 is 1.39 bits per heavy atom. The summed E-state index contributed by atoms with van der Waals surface area (Å²) in [6.07, 6.45) is 1.72. The SMILES string of the molecule is CCCCN(C)S(=O)(=O)c1cc(CO)ccc1Cl. The fraction of sp³-hybridized carbons (Fsp3) is 0.500. The van der Waals surface area contributed by atoms with Crippen molar-refractivity contribution in [3.63, 3.8) is 0 Å². The first-order valence-corrected chi connectivity index (χ1v) is 7.61. The Morgan fingerprint density at radius 3 is 2.61 bits per heavy atom. The number of rotatable bonds is 6. The molecule has 6 heteroatoms. The number of hydrogen-bond donors (Lipinski definition) is 1. The Labute approximate surface area is 113 Å². The third-order valence-corrected chi connectivity index (χ3v) is 5.03. The predicted molar refractivity (Wildman–Crippen MR) is 72.1 cm³/mol. The van der Waals surface area contributed by atoms with E-state index in [1.54, 1.807) is 6.07 Å². The number of hydrogen-bond acceptors (Lipinski definition) is 3. The van der Waals surface area contributed by atoms with Gasteiger partial charge in [-0.25, -0.2) is 12.7 Å². The standard InChI is InChI=1S/C12H18ClNO3S/c1-3-4-7-14(2)18(16,17)12-8-10(9-15)5-6-11(12)13/h5-6,8,15H,3-4,7,9H2,1-2H3. The Bertz CT molecular complexity index is 502. The highest BCUT2D eigenvalue weighted by molar-refractivity contribution is 7.89. The van der Waals surface area contributed by atoms with E-state index in [2.05, 4.69) is 0 Å². The highest BCUT2D eigenvalue weighted by atomic mass is 35.5. The van der Waals surface area contributed by atoms with Gasteiger partial charge in [-0.1, -0.05) is 31.0 Å². The minimum absolute atomic E-state index is 0.0503. The fourth-order valence-electron chi connectivity index (χ4n) is 1.51. The minimum Gasteiger partial charge on any atom is -0.392 e. The van der Waals surface area contributed by atoms with Crippen LogP contribution in [0.1, 0.15) is 25.3 Å². The zero-order valence-corrected chi connectivity index (χ0v) is 12.1. The first-order chi connectivity index (χ1) is 8.43. The fourth-order valence-corrected chi connectivity index (χ4v) is 3.24. The average molecular weight is 292 g/mol. The van der Waals surface area contributed by atoms with E-state index in [4.69, 9.17) is 16.7 Å². The molecule has 0 spiro atoms. The molecule has 0 heterocycles. The number of aliphatic hydroxyl groups is 1. The molecule has 4 nitrogen and oxygen atoms in total. The highest BCUT2D eigenvalue weighted by Gasteiger charge is 2.23. The van der Waals surface area contributed by atoms with Crippen LogP contribution >= 0.6 is 11.6 Å². The second-order valence-electron chi connectivity index (χ2n) is 4.10. The minimum atomic E-state index is -3.58. The smallest absolute Gasteiger partial charge is 0.244 e. The molecule has 0 aliphatic carbocycles. The van der Waals surface area contributed by atoms with Gasteiger partial charge in [0.15, 0.2) is 0 Å². The van der Waals surface area contributed by atoms with Crippen LogP contribution in [0.15, 0.2) is 23.1 Å². The van der Waals surface area contributed by atoms with Crippen molar-refractivity contribution >= 4 is 21.6 Å². The molecule has 0 fully saturated rings. The number of benzene rings is 1. The van der Waals surface area contributed by atoms with Crippen molar-refractivity contribution in [2.24, 2.45) is 0 Å². The van der Waals surface area contributed by atoms with Gasteiger partial charge in [0.1, 0.15) is 4.90 Å². The summed E-state index contributed by atoms with van der Waals surface area (Å²) in [5.74, 6) is 0. The van der Waals surface area contributed by atoms with Gasteiger partial charge in [-0.15, -0.1) is 0 Å². The molecule has 0 aliphatic rings. The summed E-state index contributed by atoms with van der Waals surface area (Å²) in [6, 6.07) is 4.52. The van der Waals surface area contributed by atoms with Crippen LogP contribution < -0.4 is 0 Å². The summed E-state index contributed by atoms with van der Waals surface area (Å²) < 4.78 is 25.9. The van der Waals surface area contributed by atoms with Gasteiger partial charge in [-0.2, -0.15) is 0 Å². The van der Waals surface area contributed by atoms with Crippen LogP contribution in [0.4, 0.5) is 0 Å². The van der Waals surface area contributed by atoms with Crippen molar-refractivity contribution < 1.29 is 13.5 Å². The lowest BCUT2D eigenvalue weighted by atomic mass is 10.2. The van der Waals surface area contributed by atoms with E-state index in [1.807, 2.05) is 6.92 Å². The summed E-state index contributed by atoms with van der Waals surface area (Å²) in [6.45, 7) is 2.25. The first-order valence-electron chi connectivity index (χ1n) is 5.79. The first kappa shape index (κ1) is 15.4. The third-order valence-electron chi connectivity index (χ3n) is 2.69. The molecule has 102 valence electrons. The molecule has 0 atom stereocenters. The van der Waals surface area contributed by atoms with Gasteiger partial charge in [-0.3, -0.25) is 0 Å². The molecule has 0 amide bonds. The van der Waals surface area contributed by atoms with Gasteiger partial charge < -0.3 is 5.11 Å². The maximum absolute atomic E-state index is 12.3. The van der Waals surface area contributed by atoms with Gasteiger partial charge in [-0.05, 0) is 24.1 Å². The molecular formula is C12H18ClNO3S. The molecule has 0 aromatic heterocycles. The summed E-state index contributed by atoms with van der Waals surface area (Å²) >= 11 is 5.93. The predicted octanol–water partition coefficient (Wildman–Crippen LogP) is 2.25. The highest BCUT2D eigenvalue weighted by Crippen LogP contribution is 2.25. The molecule has 1 rings (SSSR count). The van der Waals surface area contributed by atoms with Crippen LogP contribution in [0.5, 0.6) is 0 Å². The zero-order chi connectivity index (χ0) is 13.8. The summed E-state index contributed by atoms with van der Waals surface area (Å²) in [7, 11) is -2.05. The van der Waals surface area contributed by atoms with Gasteiger partial charge in [0.05, 0.1) is 11.6 Å². The van der Waals surface area contributed by atoms with Crippen molar-refractivity contribution in [1.82, 2.24) is 4.31 Å². The van der Waals surface area contributed by atoms with Crippen molar-refractivity contribution in [3.05, 3.63) is 28.8 Å². The third kappa shape index (κ3) is 3.45. The van der Waals surface area contributed by atoms with Crippen molar-refractivity contribution in [2.45, 2.75) is 31.3 Å². The van der Waals surface area contributed by atoms with Crippen LogP contribution in [-0.4, -0.2) is 31.4 Å². The molecule has 0 aliphatic heterocycles. The van der Waals surface area contributed by atoms with E-state index in [0.717, 1.165) is 12.8 Å². The van der Waals surface area contributed by atoms with Gasteiger partial charge in [0.2, 0.25) is 10.0 Å². The second kappa shape index (κ2) is 6.52. The van der Waals surface area contributed by atoms with Crippen LogP contribution in [0.2, 0.25) is 5.02 Å². The van der Waals surface area contributed by atoms with Gasteiger partial charge in [0, 0.05) is 13.6 Å². The number of unbranched alkanes of at least 4 members (excludes halogenated alkanes) is 1. The van der Waals surface area contributed by atoms with Crippen molar-refractivity contribution in [2.75, 3.05) is 13.6 Å². The monoisotopic (exact) mass is 291 g/mol. The lowest BCUT2D eigenvalue weighted by Crippen LogP contribution is -2.28. The van der Waals surface area contributed by atoms with Crippen LogP contribution in [-0.2, 0) is 16.6 Å². The molecule has 0 saturated heterocycles. The lowest BCUT2D eigenvalue weighted by Gasteiger charge is -2.18. The molecule has 0 saturated carbocycles. The number of sulfonamides is 1. The maximum Gasteiger partial charge on any atom is 0.244 e. The van der Waals surface area contributed by atoms with Crippen molar-refractivity contribution in [3.8, 4) is 0 Å². The van der Waals surface area contributed by atoms with E-state index in [9.17, 15) is 8.42 Å². The van der Waals surface area contributed by atoms with Crippen molar-refractivity contribution in [1.29, 1.82) is 0 Å². The molecule has 0 unspecified atom stereocenters. The Hall–Kier alpha value is -0.620. The molecule has 1 N–H and O–H groups in total. The zero-order valence-electron chi connectivity index (χ0n) is 10.6. The maximum atomic E-state index is 12.3. The van der Waals surface area contributed by atoms with Crippen LogP contribution in [0.25, 0.3) is 0 Å². The molecule has 1 aromatic carbocycles. The Balaban J connectivity index is 3.11. The molecular weight excluding hydrogens is 274 g/mol. The topological polar surface area (TPSA) is 57.6 Å². The summed E-state index contributed by atoms with van der Waals surface area (Å²) in [4.78, 5) is 0.0503. The number of halogens is 1. The molecule has 18 heavy (non-hydrogen) atoms. The van der Waals surface area contributed by atoms with E-state index < -0.39 is 10.0 Å². The summed E-state index contributed by atoms with van der Waals surface area (Å²) in [5, 5.41) is 9.22. The molecule has 1 aromatic rings. The Morgan fingerprint density at radius 2 is 2.06 bits per heavy atom. The largest absolute Gasteiger partial charge is 0.392 e. The molecule has 0 bridgehead atoms. The van der Waals surface area contributed by atoms with E-state index in [1.165, 1.54) is 23.5 Å². The van der Waals surface area contributed by atoms with E-state index in [-0.39, 0.29) is 16.5 Å². The van der Waals surface area contributed by atoms with Gasteiger partial charge >= 0.3 is 0 Å². The quantitative estimate of drug-likeness (QED) is 0.874. The van der Waals surface area contributed by atoms with E-state index in [0.29, 0.717) is 12.1 Å². The Kier molecular flexibility index (Phi) is 5.59. The second-order valence-corrected chi connectivity index (χ2v) is 6.52. The van der Waals surface area contributed by atoms with E-state index >= 15 is 0 Å². The normalized spacial score (nSPS) is 12.1. The number of aliphatic hydroxyl groups excluding tert-OH is 1. The van der Waals surface area contributed by atoms with Crippen LogP contribution in [0.3, 0.4) is 0 Å².